The fourth-order valence-electron chi connectivity index (χ4n) is 3.91. The highest BCUT2D eigenvalue weighted by atomic mass is 32.2. The quantitative estimate of drug-likeness (QED) is 0.772. The van der Waals surface area contributed by atoms with Gasteiger partial charge in [0.05, 0.1) is 0 Å². The molecule has 2 aliphatic heterocycles. The van der Waals surface area contributed by atoms with E-state index in [1.54, 1.807) is 0 Å². The molecule has 0 saturated carbocycles. The molecular formula is C20H26N4S. The molecule has 0 spiro atoms. The minimum Gasteiger partial charge on any atom is -0.261 e. The molecule has 2 aromatic heterocycles. The SMILES string of the molecule is c1ccc(C2CCCN(SN3CCCC(c4ccccn4)C3)C2)nc1. The van der Waals surface area contributed by atoms with E-state index in [0.717, 1.165) is 13.1 Å². The van der Waals surface area contributed by atoms with Crippen molar-refractivity contribution in [2.75, 3.05) is 26.2 Å². The highest BCUT2D eigenvalue weighted by Crippen LogP contribution is 2.34. The van der Waals surface area contributed by atoms with Gasteiger partial charge < -0.3 is 0 Å². The smallest absolute Gasteiger partial charge is 0.0447 e. The van der Waals surface area contributed by atoms with Crippen molar-refractivity contribution in [1.29, 1.82) is 0 Å². The monoisotopic (exact) mass is 354 g/mol. The average molecular weight is 355 g/mol. The third kappa shape index (κ3) is 4.40. The molecule has 0 amide bonds. The van der Waals surface area contributed by atoms with Gasteiger partial charge in [-0.1, -0.05) is 12.1 Å². The molecule has 2 saturated heterocycles. The summed E-state index contributed by atoms with van der Waals surface area (Å²) in [5.41, 5.74) is 2.50. The first-order valence-electron chi connectivity index (χ1n) is 9.38. The summed E-state index contributed by atoms with van der Waals surface area (Å²) in [5.74, 6) is 1.14. The van der Waals surface area contributed by atoms with Crippen LogP contribution in [-0.4, -0.2) is 44.8 Å². The Kier molecular flexibility index (Phi) is 5.65. The molecule has 2 aliphatic rings. The average Bonchev–Trinajstić information content (AvgIpc) is 2.70. The van der Waals surface area contributed by atoms with Gasteiger partial charge in [0, 0.05) is 73.9 Å². The van der Waals surface area contributed by atoms with Gasteiger partial charge in [-0.3, -0.25) is 9.97 Å². The van der Waals surface area contributed by atoms with E-state index < -0.39 is 0 Å². The maximum absolute atomic E-state index is 4.58. The van der Waals surface area contributed by atoms with Crippen LogP contribution in [0, 0.1) is 0 Å². The first-order chi connectivity index (χ1) is 12.4. The number of hydrogen-bond donors (Lipinski definition) is 0. The Bertz CT molecular complexity index is 594. The van der Waals surface area contributed by atoms with Gasteiger partial charge in [-0.15, -0.1) is 0 Å². The standard InChI is InChI=1S/C20H26N4S/c1-3-11-21-19(9-1)17-7-5-13-23(15-17)25-24-14-6-8-18(16-24)20-10-2-4-12-22-20/h1-4,9-12,17-18H,5-8,13-16H2. The normalized spacial score (nSPS) is 25.8. The molecule has 0 bridgehead atoms. The number of hydrogen-bond acceptors (Lipinski definition) is 5. The zero-order valence-electron chi connectivity index (χ0n) is 14.6. The minimum absolute atomic E-state index is 0.568. The summed E-state index contributed by atoms with van der Waals surface area (Å²) in [6, 6.07) is 12.6. The molecule has 2 fully saturated rings. The number of nitrogens with zero attached hydrogens (tertiary/aromatic N) is 4. The lowest BCUT2D eigenvalue weighted by Crippen LogP contribution is -2.37. The van der Waals surface area contributed by atoms with Crippen LogP contribution in [-0.2, 0) is 0 Å². The second-order valence-electron chi connectivity index (χ2n) is 7.05. The van der Waals surface area contributed by atoms with E-state index in [1.807, 2.05) is 36.7 Å². The Morgan fingerprint density at radius 3 is 1.72 bits per heavy atom. The van der Waals surface area contributed by atoms with Crippen LogP contribution in [0.15, 0.2) is 48.8 Å². The summed E-state index contributed by atoms with van der Waals surface area (Å²) in [7, 11) is 0. The number of aromatic nitrogens is 2. The van der Waals surface area contributed by atoms with Crippen LogP contribution in [0.4, 0.5) is 0 Å². The van der Waals surface area contributed by atoms with E-state index in [1.165, 1.54) is 50.2 Å². The molecule has 4 nitrogen and oxygen atoms in total. The minimum atomic E-state index is 0.568. The lowest BCUT2D eigenvalue weighted by Gasteiger charge is -2.38. The second kappa shape index (κ2) is 8.30. The largest absolute Gasteiger partial charge is 0.261 e. The van der Waals surface area contributed by atoms with Crippen LogP contribution in [0.5, 0.6) is 0 Å². The summed E-state index contributed by atoms with van der Waals surface area (Å²) < 4.78 is 5.09. The maximum atomic E-state index is 4.58. The van der Waals surface area contributed by atoms with Crippen LogP contribution in [0.3, 0.4) is 0 Å². The summed E-state index contributed by atoms with van der Waals surface area (Å²) in [6.07, 6.45) is 8.86. The number of pyridine rings is 2. The first-order valence-corrected chi connectivity index (χ1v) is 10.1. The summed E-state index contributed by atoms with van der Waals surface area (Å²) >= 11 is 1.95. The van der Waals surface area contributed by atoms with Crippen molar-refractivity contribution in [3.8, 4) is 0 Å². The summed E-state index contributed by atoms with van der Waals surface area (Å²) in [4.78, 5) is 9.16. The fourth-order valence-corrected chi connectivity index (χ4v) is 5.16. The predicted molar refractivity (Wildman–Crippen MR) is 103 cm³/mol. The van der Waals surface area contributed by atoms with Crippen LogP contribution >= 0.6 is 12.1 Å². The Balaban J connectivity index is 1.35. The Morgan fingerprint density at radius 2 is 1.28 bits per heavy atom. The molecule has 2 unspecified atom stereocenters. The van der Waals surface area contributed by atoms with E-state index in [-0.39, 0.29) is 0 Å². The number of piperidine rings is 2. The fraction of sp³-hybridized carbons (Fsp3) is 0.500. The third-order valence-electron chi connectivity index (χ3n) is 5.21. The molecule has 0 radical (unpaired) electrons. The Labute approximate surface area is 154 Å². The molecule has 2 aromatic rings. The number of rotatable bonds is 4. The van der Waals surface area contributed by atoms with Gasteiger partial charge in [0.2, 0.25) is 0 Å². The van der Waals surface area contributed by atoms with Gasteiger partial charge in [0.25, 0.3) is 0 Å². The van der Waals surface area contributed by atoms with E-state index in [9.17, 15) is 0 Å². The van der Waals surface area contributed by atoms with Gasteiger partial charge in [0.15, 0.2) is 0 Å². The van der Waals surface area contributed by atoms with Crippen LogP contribution in [0.2, 0.25) is 0 Å². The molecule has 5 heteroatoms. The van der Waals surface area contributed by atoms with Crippen LogP contribution in [0.25, 0.3) is 0 Å². The predicted octanol–water partition coefficient (Wildman–Crippen LogP) is 4.10. The molecule has 25 heavy (non-hydrogen) atoms. The third-order valence-corrected chi connectivity index (χ3v) is 6.34. The maximum Gasteiger partial charge on any atom is 0.0447 e. The zero-order valence-corrected chi connectivity index (χ0v) is 15.4. The van der Waals surface area contributed by atoms with Crippen molar-refractivity contribution >= 4 is 12.1 Å². The van der Waals surface area contributed by atoms with E-state index >= 15 is 0 Å². The van der Waals surface area contributed by atoms with Crippen molar-refractivity contribution in [1.82, 2.24) is 18.6 Å². The molecule has 2 atom stereocenters. The van der Waals surface area contributed by atoms with Crippen LogP contribution in [0.1, 0.15) is 48.9 Å². The second-order valence-corrected chi connectivity index (χ2v) is 8.24. The van der Waals surface area contributed by atoms with Gasteiger partial charge in [0.1, 0.15) is 0 Å². The molecule has 4 rings (SSSR count). The van der Waals surface area contributed by atoms with Gasteiger partial charge in [-0.2, -0.15) is 0 Å². The molecule has 0 N–H and O–H groups in total. The highest BCUT2D eigenvalue weighted by Gasteiger charge is 2.27. The highest BCUT2D eigenvalue weighted by molar-refractivity contribution is 7.94. The summed E-state index contributed by atoms with van der Waals surface area (Å²) in [5, 5.41) is 0. The van der Waals surface area contributed by atoms with Crippen molar-refractivity contribution in [3.05, 3.63) is 60.2 Å². The molecule has 0 aromatic carbocycles. The summed E-state index contributed by atoms with van der Waals surface area (Å²) in [6.45, 7) is 4.57. The lowest BCUT2D eigenvalue weighted by atomic mass is 9.96. The van der Waals surface area contributed by atoms with E-state index in [2.05, 4.69) is 42.8 Å². The van der Waals surface area contributed by atoms with Crippen molar-refractivity contribution in [2.45, 2.75) is 37.5 Å². The van der Waals surface area contributed by atoms with Crippen molar-refractivity contribution < 1.29 is 0 Å². The Hall–Kier alpha value is -1.43. The van der Waals surface area contributed by atoms with Crippen molar-refractivity contribution in [3.63, 3.8) is 0 Å². The molecule has 132 valence electrons. The van der Waals surface area contributed by atoms with Gasteiger partial charge in [-0.25, -0.2) is 8.61 Å². The van der Waals surface area contributed by atoms with Gasteiger partial charge in [-0.05, 0) is 49.9 Å². The van der Waals surface area contributed by atoms with Crippen LogP contribution < -0.4 is 0 Å². The Morgan fingerprint density at radius 1 is 0.760 bits per heavy atom. The first kappa shape index (κ1) is 17.0. The molecule has 0 aliphatic carbocycles. The van der Waals surface area contributed by atoms with E-state index in [4.69, 9.17) is 0 Å². The topological polar surface area (TPSA) is 32.3 Å². The lowest BCUT2D eigenvalue weighted by molar-refractivity contribution is 0.296. The van der Waals surface area contributed by atoms with Crippen molar-refractivity contribution in [2.24, 2.45) is 0 Å². The zero-order chi connectivity index (χ0) is 16.9. The van der Waals surface area contributed by atoms with E-state index in [0.29, 0.717) is 11.8 Å². The van der Waals surface area contributed by atoms with Gasteiger partial charge >= 0.3 is 0 Å². The molecule has 4 heterocycles. The molecular weight excluding hydrogens is 328 g/mol.